The van der Waals surface area contributed by atoms with Crippen LogP contribution < -0.4 is 4.74 Å². The summed E-state index contributed by atoms with van der Waals surface area (Å²) in [5, 5.41) is 0. The van der Waals surface area contributed by atoms with Crippen LogP contribution in [-0.4, -0.2) is 0 Å². The molecule has 0 bridgehead atoms. The maximum Gasteiger partial charge on any atom is 0.166 e. The molecule has 2 heteroatoms. The van der Waals surface area contributed by atoms with Gasteiger partial charge in [0, 0.05) is 0 Å². The highest BCUT2D eigenvalue weighted by Crippen LogP contribution is 2.33. The van der Waals surface area contributed by atoms with Crippen molar-refractivity contribution in [1.82, 2.24) is 0 Å². The van der Waals surface area contributed by atoms with Crippen LogP contribution in [0.5, 0.6) is 11.5 Å². The van der Waals surface area contributed by atoms with Gasteiger partial charge >= 0.3 is 0 Å². The van der Waals surface area contributed by atoms with Crippen molar-refractivity contribution in [2.24, 2.45) is 0 Å². The predicted octanol–water partition coefficient (Wildman–Crippen LogP) is 9.91. The van der Waals surface area contributed by atoms with Crippen molar-refractivity contribution in [3.05, 3.63) is 120 Å². The van der Waals surface area contributed by atoms with E-state index < -0.39 is 0 Å². The standard InChI is InChI=1S/C27H27OS.2C2H6/c1-4-6-13-25(10-5-2)29(26-18-14-22(3)15-19-26)27-20-16-24(17-21-27)28-23-11-8-7-9-12-23;2*1-2/h5-21H,2,4H2,1,3H3;2*1-2H3/q+1;;/b13-6-,25-10+;;. The number of hydrogen-bond acceptors (Lipinski definition) is 1. The SMILES string of the molecule is C=C/C=C(\C=C/CC)[S+](c1ccc(C)cc1)c1ccc(Oc2ccccc2)cc1.CC.CC. The third kappa shape index (κ3) is 9.19. The molecule has 33 heavy (non-hydrogen) atoms. The molecule has 3 aromatic rings. The Labute approximate surface area is 204 Å². The van der Waals surface area contributed by atoms with Crippen LogP contribution in [0, 0.1) is 6.92 Å². The third-order valence-electron chi connectivity index (χ3n) is 4.33. The molecule has 0 spiro atoms. The van der Waals surface area contributed by atoms with Gasteiger partial charge < -0.3 is 4.74 Å². The monoisotopic (exact) mass is 459 g/mol. The topological polar surface area (TPSA) is 9.23 Å². The maximum atomic E-state index is 5.97. The summed E-state index contributed by atoms with van der Waals surface area (Å²) in [4.78, 5) is 3.80. The molecule has 1 nitrogen and oxygen atoms in total. The molecule has 174 valence electrons. The van der Waals surface area contributed by atoms with Crippen LogP contribution in [0.3, 0.4) is 0 Å². The van der Waals surface area contributed by atoms with Crippen LogP contribution in [0.25, 0.3) is 0 Å². The molecule has 0 saturated carbocycles. The molecular formula is C31H39OS+. The molecule has 0 aliphatic heterocycles. The molecule has 1 atom stereocenters. The summed E-state index contributed by atoms with van der Waals surface area (Å²) >= 11 is 0. The van der Waals surface area contributed by atoms with Gasteiger partial charge in [-0.3, -0.25) is 0 Å². The zero-order valence-corrected chi connectivity index (χ0v) is 21.9. The Balaban J connectivity index is 0.00000129. The minimum Gasteiger partial charge on any atom is -0.457 e. The lowest BCUT2D eigenvalue weighted by Gasteiger charge is -2.10. The van der Waals surface area contributed by atoms with Crippen molar-refractivity contribution in [1.29, 1.82) is 0 Å². The normalized spacial score (nSPS) is 11.5. The average molecular weight is 460 g/mol. The molecule has 0 amide bonds. The quantitative estimate of drug-likeness (QED) is 0.240. The van der Waals surface area contributed by atoms with Crippen LogP contribution >= 0.6 is 0 Å². The molecule has 1 unspecified atom stereocenters. The number of benzene rings is 3. The lowest BCUT2D eigenvalue weighted by atomic mass is 10.2. The Bertz CT molecular complexity index is 968. The molecular weight excluding hydrogens is 420 g/mol. The Morgan fingerprint density at radius 3 is 1.82 bits per heavy atom. The lowest BCUT2D eigenvalue weighted by molar-refractivity contribution is 0.482. The van der Waals surface area contributed by atoms with Crippen molar-refractivity contribution in [2.75, 3.05) is 0 Å². The second kappa shape index (κ2) is 16.6. The fraction of sp³-hybridized carbons (Fsp3) is 0.226. The van der Waals surface area contributed by atoms with Gasteiger partial charge in [-0.15, -0.1) is 0 Å². The van der Waals surface area contributed by atoms with E-state index in [-0.39, 0.29) is 10.9 Å². The Kier molecular flexibility index (Phi) is 14.1. The summed E-state index contributed by atoms with van der Waals surface area (Å²) in [6.07, 6.45) is 9.42. The van der Waals surface area contributed by atoms with E-state index >= 15 is 0 Å². The van der Waals surface area contributed by atoms with E-state index in [2.05, 4.69) is 75.1 Å². The molecule has 0 aromatic heterocycles. The predicted molar refractivity (Wildman–Crippen MR) is 148 cm³/mol. The number of para-hydroxylation sites is 1. The highest BCUT2D eigenvalue weighted by molar-refractivity contribution is 8.00. The van der Waals surface area contributed by atoms with Gasteiger partial charge in [-0.05, 0) is 74.0 Å². The second-order valence-corrected chi connectivity index (χ2v) is 8.65. The van der Waals surface area contributed by atoms with Gasteiger partial charge in [-0.1, -0.05) is 89.2 Å². The van der Waals surface area contributed by atoms with Gasteiger partial charge in [0.2, 0.25) is 0 Å². The second-order valence-electron chi connectivity index (χ2n) is 6.62. The molecule has 0 radical (unpaired) electrons. The summed E-state index contributed by atoms with van der Waals surface area (Å²) < 4.78 is 5.97. The van der Waals surface area contributed by atoms with Gasteiger partial charge in [-0.2, -0.15) is 0 Å². The van der Waals surface area contributed by atoms with Gasteiger partial charge in [0.1, 0.15) is 11.5 Å². The fourth-order valence-corrected chi connectivity index (χ4v) is 4.99. The summed E-state index contributed by atoms with van der Waals surface area (Å²) in [6, 6.07) is 27.1. The Hall–Kier alpha value is -2.97. The number of hydrogen-bond donors (Lipinski definition) is 0. The number of rotatable bonds is 8. The van der Waals surface area contributed by atoms with E-state index in [1.165, 1.54) is 20.3 Å². The largest absolute Gasteiger partial charge is 0.457 e. The molecule has 0 saturated heterocycles. The lowest BCUT2D eigenvalue weighted by Crippen LogP contribution is -2.06. The third-order valence-corrected chi connectivity index (χ3v) is 6.56. The molecule has 3 rings (SSSR count). The summed E-state index contributed by atoms with van der Waals surface area (Å²) in [6.45, 7) is 16.2. The Morgan fingerprint density at radius 1 is 0.788 bits per heavy atom. The molecule has 0 heterocycles. The number of ether oxygens (including phenoxy) is 1. The zero-order chi connectivity index (χ0) is 24.5. The van der Waals surface area contributed by atoms with Gasteiger partial charge in [0.05, 0.1) is 10.9 Å². The molecule has 0 aliphatic rings. The smallest absolute Gasteiger partial charge is 0.166 e. The van der Waals surface area contributed by atoms with Crippen molar-refractivity contribution in [3.8, 4) is 11.5 Å². The summed E-state index contributed by atoms with van der Waals surface area (Å²) in [5.41, 5.74) is 1.27. The van der Waals surface area contributed by atoms with E-state index in [1.54, 1.807) is 0 Å². The zero-order valence-electron chi connectivity index (χ0n) is 21.0. The highest BCUT2D eigenvalue weighted by atomic mass is 32.2. The average Bonchev–Trinajstić information content (AvgIpc) is 2.88. The van der Waals surface area contributed by atoms with Gasteiger partial charge in [0.25, 0.3) is 0 Å². The minimum absolute atomic E-state index is 0.206. The maximum absolute atomic E-state index is 5.97. The minimum atomic E-state index is -0.206. The number of allylic oxidation sites excluding steroid dienone is 4. The van der Waals surface area contributed by atoms with Crippen LogP contribution in [0.15, 0.2) is 124 Å². The van der Waals surface area contributed by atoms with E-state index in [1.807, 2.05) is 76.2 Å². The van der Waals surface area contributed by atoms with E-state index in [9.17, 15) is 0 Å². The van der Waals surface area contributed by atoms with E-state index in [0.29, 0.717) is 0 Å². The molecule has 0 aliphatic carbocycles. The first-order valence-electron chi connectivity index (χ1n) is 11.8. The van der Waals surface area contributed by atoms with Crippen LogP contribution in [0.1, 0.15) is 46.6 Å². The van der Waals surface area contributed by atoms with Gasteiger partial charge in [0.15, 0.2) is 14.7 Å². The van der Waals surface area contributed by atoms with E-state index in [4.69, 9.17) is 4.74 Å². The molecule has 0 N–H and O–H groups in total. The van der Waals surface area contributed by atoms with Crippen molar-refractivity contribution in [3.63, 3.8) is 0 Å². The molecule has 0 fully saturated rings. The summed E-state index contributed by atoms with van der Waals surface area (Å²) in [7, 11) is -0.206. The first-order valence-corrected chi connectivity index (χ1v) is 13.1. The Morgan fingerprint density at radius 2 is 1.30 bits per heavy atom. The van der Waals surface area contributed by atoms with Crippen LogP contribution in [-0.2, 0) is 10.9 Å². The molecule has 3 aromatic carbocycles. The summed E-state index contributed by atoms with van der Waals surface area (Å²) in [5.74, 6) is 1.68. The van der Waals surface area contributed by atoms with E-state index in [0.717, 1.165) is 17.9 Å². The van der Waals surface area contributed by atoms with Crippen molar-refractivity contribution < 1.29 is 4.74 Å². The highest BCUT2D eigenvalue weighted by Gasteiger charge is 2.29. The first-order chi connectivity index (χ1) is 16.2. The van der Waals surface area contributed by atoms with Gasteiger partial charge in [-0.25, -0.2) is 0 Å². The number of aryl methyl sites for hydroxylation is 1. The van der Waals surface area contributed by atoms with Crippen LogP contribution in [0.4, 0.5) is 0 Å². The van der Waals surface area contributed by atoms with Crippen LogP contribution in [0.2, 0.25) is 0 Å². The van der Waals surface area contributed by atoms with Crippen molar-refractivity contribution in [2.45, 2.75) is 57.8 Å². The first kappa shape index (κ1) is 28.1. The van der Waals surface area contributed by atoms with Crippen molar-refractivity contribution >= 4 is 10.9 Å². The fourth-order valence-electron chi connectivity index (χ4n) is 2.89.